The Hall–Kier alpha value is -1.24. The number of benzene rings is 1. The third kappa shape index (κ3) is 1.46. The van der Waals surface area contributed by atoms with E-state index in [-0.39, 0.29) is 18.8 Å². The van der Waals surface area contributed by atoms with Gasteiger partial charge in [-0.25, -0.2) is 4.98 Å². The number of rotatable bonds is 1. The first-order chi connectivity index (χ1) is 8.35. The van der Waals surface area contributed by atoms with Crippen LogP contribution in [0.4, 0.5) is 19.1 Å². The molecule has 0 amide bonds. The van der Waals surface area contributed by atoms with Crippen molar-refractivity contribution in [3.8, 4) is 0 Å². The molecule has 0 aliphatic heterocycles. The quantitative estimate of drug-likeness (QED) is 0.875. The molecule has 1 aromatic carbocycles. The Morgan fingerprint density at radius 2 is 2.00 bits per heavy atom. The van der Waals surface area contributed by atoms with E-state index >= 15 is 0 Å². The van der Waals surface area contributed by atoms with Crippen molar-refractivity contribution in [2.24, 2.45) is 0 Å². The first-order valence-corrected chi connectivity index (χ1v) is 6.15. The first kappa shape index (κ1) is 11.8. The maximum atomic E-state index is 13.1. The molecular weight excluding hydrogens is 311 g/mol. The Bertz CT molecular complexity index is 628. The van der Waals surface area contributed by atoms with Crippen molar-refractivity contribution in [3.05, 3.63) is 22.7 Å². The number of hydrogen-bond acceptors (Lipinski definition) is 2. The van der Waals surface area contributed by atoms with Crippen LogP contribution >= 0.6 is 15.9 Å². The van der Waals surface area contributed by atoms with Crippen LogP contribution in [0.3, 0.4) is 0 Å². The predicted octanol–water partition coefficient (Wildman–Crippen LogP) is 3.43. The molecule has 0 bridgehead atoms. The summed E-state index contributed by atoms with van der Waals surface area (Å²) < 4.78 is 41.3. The molecular formula is C11H9BrF3N3. The lowest BCUT2D eigenvalue weighted by Gasteiger charge is -2.22. The van der Waals surface area contributed by atoms with Crippen LogP contribution in [0.15, 0.2) is 22.7 Å². The average molecular weight is 320 g/mol. The molecule has 1 aliphatic rings. The molecule has 1 aliphatic carbocycles. The Morgan fingerprint density at radius 3 is 2.56 bits per heavy atom. The van der Waals surface area contributed by atoms with E-state index in [0.29, 0.717) is 11.0 Å². The van der Waals surface area contributed by atoms with E-state index in [1.54, 1.807) is 18.2 Å². The van der Waals surface area contributed by atoms with Crippen molar-refractivity contribution < 1.29 is 13.2 Å². The van der Waals surface area contributed by atoms with Crippen LogP contribution in [-0.4, -0.2) is 15.7 Å². The number of aromatic nitrogens is 2. The third-order valence-electron chi connectivity index (χ3n) is 3.32. The lowest BCUT2D eigenvalue weighted by molar-refractivity contribution is -0.178. The number of halogens is 4. The number of anilines is 1. The van der Waals surface area contributed by atoms with Crippen molar-refractivity contribution >= 4 is 32.9 Å². The fraction of sp³-hybridized carbons (Fsp3) is 0.364. The smallest absolute Gasteiger partial charge is 0.369 e. The summed E-state index contributed by atoms with van der Waals surface area (Å²) in [7, 11) is 0. The van der Waals surface area contributed by atoms with E-state index in [2.05, 4.69) is 20.9 Å². The molecule has 0 radical (unpaired) electrons. The summed E-state index contributed by atoms with van der Waals surface area (Å²) in [6.07, 6.45) is -4.19. The number of hydrogen-bond donors (Lipinski definition) is 1. The largest absolute Gasteiger partial charge is 0.412 e. The maximum Gasteiger partial charge on any atom is 0.412 e. The second-order valence-electron chi connectivity index (χ2n) is 4.47. The molecule has 2 N–H and O–H groups in total. The van der Waals surface area contributed by atoms with Crippen LogP contribution in [0, 0.1) is 0 Å². The Balaban J connectivity index is 2.27. The highest BCUT2D eigenvalue weighted by molar-refractivity contribution is 9.10. The highest BCUT2D eigenvalue weighted by Crippen LogP contribution is 2.57. The van der Waals surface area contributed by atoms with Crippen LogP contribution in [0.2, 0.25) is 0 Å². The summed E-state index contributed by atoms with van der Waals surface area (Å²) in [6.45, 7) is 0. The summed E-state index contributed by atoms with van der Waals surface area (Å²) in [4.78, 5) is 4.00. The van der Waals surface area contributed by atoms with Crippen LogP contribution in [0.25, 0.3) is 11.0 Å². The first-order valence-electron chi connectivity index (χ1n) is 5.36. The van der Waals surface area contributed by atoms with Gasteiger partial charge in [0.25, 0.3) is 0 Å². The zero-order valence-electron chi connectivity index (χ0n) is 9.13. The fourth-order valence-corrected chi connectivity index (χ4v) is 2.62. The maximum absolute atomic E-state index is 13.1. The van der Waals surface area contributed by atoms with Gasteiger partial charge in [-0.2, -0.15) is 13.2 Å². The van der Waals surface area contributed by atoms with Crippen molar-refractivity contribution in [1.82, 2.24) is 9.55 Å². The lowest BCUT2D eigenvalue weighted by atomic mass is 10.2. The fourth-order valence-electron chi connectivity index (χ4n) is 2.27. The van der Waals surface area contributed by atoms with Gasteiger partial charge in [0.05, 0.1) is 11.0 Å². The van der Waals surface area contributed by atoms with Crippen molar-refractivity contribution in [1.29, 1.82) is 0 Å². The Labute approximate surface area is 109 Å². The van der Waals surface area contributed by atoms with Crippen LogP contribution in [0.5, 0.6) is 0 Å². The zero-order chi connectivity index (χ0) is 13.1. The number of nitrogens with two attached hydrogens (primary N) is 1. The standard InChI is InChI=1S/C11H9BrF3N3/c12-6-1-2-8-7(5-6)17-9(16)18(8)10(3-4-10)11(13,14)15/h1-2,5H,3-4H2,(H2,16,17). The Morgan fingerprint density at radius 1 is 1.33 bits per heavy atom. The van der Waals surface area contributed by atoms with Gasteiger partial charge in [-0.1, -0.05) is 15.9 Å². The predicted molar refractivity (Wildman–Crippen MR) is 65.1 cm³/mol. The average Bonchev–Trinajstić information content (AvgIpc) is 2.97. The SMILES string of the molecule is Nc1nc2cc(Br)ccc2n1C1(C(F)(F)F)CC1. The highest BCUT2D eigenvalue weighted by atomic mass is 79.9. The van der Waals surface area contributed by atoms with Gasteiger partial charge < -0.3 is 5.73 Å². The summed E-state index contributed by atoms with van der Waals surface area (Å²) in [5.74, 6) is -0.0853. The number of alkyl halides is 3. The molecule has 7 heteroatoms. The summed E-state index contributed by atoms with van der Waals surface area (Å²) in [6, 6.07) is 4.95. The number of fused-ring (bicyclic) bond motifs is 1. The van der Waals surface area contributed by atoms with E-state index in [0.717, 1.165) is 9.04 Å². The van der Waals surface area contributed by atoms with E-state index in [1.807, 2.05) is 0 Å². The van der Waals surface area contributed by atoms with E-state index in [4.69, 9.17) is 5.73 Å². The van der Waals surface area contributed by atoms with Gasteiger partial charge in [0.15, 0.2) is 0 Å². The molecule has 0 atom stereocenters. The molecule has 3 rings (SSSR count). The van der Waals surface area contributed by atoms with Gasteiger partial charge >= 0.3 is 6.18 Å². The molecule has 0 spiro atoms. The molecule has 1 heterocycles. The molecule has 3 nitrogen and oxygen atoms in total. The second-order valence-corrected chi connectivity index (χ2v) is 5.38. The number of nitrogens with zero attached hydrogens (tertiary/aromatic N) is 2. The summed E-state index contributed by atoms with van der Waals surface area (Å²) >= 11 is 3.26. The molecule has 1 saturated carbocycles. The molecule has 1 fully saturated rings. The Kier molecular flexibility index (Phi) is 2.24. The minimum Gasteiger partial charge on any atom is -0.369 e. The molecule has 96 valence electrons. The van der Waals surface area contributed by atoms with Gasteiger partial charge in [0.1, 0.15) is 5.54 Å². The lowest BCUT2D eigenvalue weighted by Crippen LogP contribution is -2.35. The van der Waals surface area contributed by atoms with Gasteiger partial charge in [-0.15, -0.1) is 0 Å². The van der Waals surface area contributed by atoms with Crippen LogP contribution in [0.1, 0.15) is 12.8 Å². The monoisotopic (exact) mass is 319 g/mol. The van der Waals surface area contributed by atoms with Crippen molar-refractivity contribution in [3.63, 3.8) is 0 Å². The van der Waals surface area contributed by atoms with E-state index < -0.39 is 11.7 Å². The molecule has 0 unspecified atom stereocenters. The normalized spacial score (nSPS) is 18.2. The summed E-state index contributed by atoms with van der Waals surface area (Å²) in [5, 5.41) is 0. The highest BCUT2D eigenvalue weighted by Gasteiger charge is 2.65. The van der Waals surface area contributed by atoms with Crippen LogP contribution < -0.4 is 5.73 Å². The third-order valence-corrected chi connectivity index (χ3v) is 3.82. The van der Waals surface area contributed by atoms with Gasteiger partial charge in [-0.3, -0.25) is 4.57 Å². The minimum atomic E-state index is -4.30. The topological polar surface area (TPSA) is 43.8 Å². The molecule has 18 heavy (non-hydrogen) atoms. The number of nitrogen functional groups attached to an aromatic ring is 1. The van der Waals surface area contributed by atoms with Gasteiger partial charge in [0.2, 0.25) is 5.95 Å². The molecule has 1 aromatic heterocycles. The van der Waals surface area contributed by atoms with Gasteiger partial charge in [-0.05, 0) is 31.0 Å². The second kappa shape index (κ2) is 3.40. The van der Waals surface area contributed by atoms with E-state index in [1.165, 1.54) is 0 Å². The summed E-state index contributed by atoms with van der Waals surface area (Å²) in [5.41, 5.74) is 4.69. The molecule has 0 saturated heterocycles. The van der Waals surface area contributed by atoms with Gasteiger partial charge in [0, 0.05) is 4.47 Å². The van der Waals surface area contributed by atoms with Crippen molar-refractivity contribution in [2.75, 3.05) is 5.73 Å². The van der Waals surface area contributed by atoms with Crippen LogP contribution in [-0.2, 0) is 5.54 Å². The zero-order valence-corrected chi connectivity index (χ0v) is 10.7. The van der Waals surface area contributed by atoms with E-state index in [9.17, 15) is 13.2 Å². The number of imidazole rings is 1. The minimum absolute atomic E-state index is 0.0578. The van der Waals surface area contributed by atoms with Crippen molar-refractivity contribution in [2.45, 2.75) is 24.6 Å². The molecule has 2 aromatic rings.